The van der Waals surface area contributed by atoms with Crippen molar-refractivity contribution in [2.24, 2.45) is 7.05 Å². The van der Waals surface area contributed by atoms with Gasteiger partial charge in [0, 0.05) is 32.2 Å². The van der Waals surface area contributed by atoms with Gasteiger partial charge in [-0.25, -0.2) is 12.8 Å². The number of aliphatic hydroxyl groups is 1. The molecule has 0 radical (unpaired) electrons. The van der Waals surface area contributed by atoms with Gasteiger partial charge in [-0.2, -0.15) is 10.4 Å². The summed E-state index contributed by atoms with van der Waals surface area (Å²) in [6.45, 7) is 2.02. The zero-order valence-corrected chi connectivity index (χ0v) is 22.9. The van der Waals surface area contributed by atoms with Crippen LogP contribution in [0.5, 0.6) is 0 Å². The average Bonchev–Trinajstić information content (AvgIpc) is 3.63. The fourth-order valence-corrected chi connectivity index (χ4v) is 7.23. The standard InChI is InChI=1S/C26H32FN5O6S/c1-25(2,16-38-20(27)14-33)39(36,37)26(9-10-26)15-32-11-8-19-21(30-31(3)22(19)24(32)35)23(34)29-13-18-6-4-17(12-28)5-7-18/h4-7,20,33H,8-11,13-16H2,1-3H3,(H,29,34)/t20-/m0/s1. The number of ether oxygens (including phenoxy) is 1. The van der Waals surface area contributed by atoms with Gasteiger partial charge in [0.15, 0.2) is 15.5 Å². The number of halogens is 1. The Bertz CT molecular complexity index is 1410. The maximum atomic E-state index is 13.6. The Balaban J connectivity index is 1.46. The first-order chi connectivity index (χ1) is 18.4. The Hall–Kier alpha value is -3.34. The van der Waals surface area contributed by atoms with Crippen molar-refractivity contribution in [1.29, 1.82) is 5.26 Å². The summed E-state index contributed by atoms with van der Waals surface area (Å²) in [6, 6.07) is 8.84. The second kappa shape index (κ2) is 10.7. The van der Waals surface area contributed by atoms with Crippen LogP contribution in [0, 0.1) is 11.3 Å². The molecule has 1 aliphatic heterocycles. The molecule has 1 aromatic carbocycles. The summed E-state index contributed by atoms with van der Waals surface area (Å²) in [5, 5.41) is 24.9. The molecule has 39 heavy (non-hydrogen) atoms. The first-order valence-electron chi connectivity index (χ1n) is 12.6. The second-order valence-corrected chi connectivity index (χ2v) is 13.6. The smallest absolute Gasteiger partial charge is 0.272 e. The number of amides is 2. The summed E-state index contributed by atoms with van der Waals surface area (Å²) in [4.78, 5) is 27.9. The lowest BCUT2D eigenvalue weighted by Gasteiger charge is -2.35. The lowest BCUT2D eigenvalue weighted by molar-refractivity contribution is -0.0752. The number of carbonyl (C=O) groups excluding carboxylic acids is 2. The van der Waals surface area contributed by atoms with Crippen molar-refractivity contribution in [3.63, 3.8) is 0 Å². The number of nitrogens with one attached hydrogen (secondary N) is 1. The topological polar surface area (TPSA) is 155 Å². The Labute approximate surface area is 226 Å². The van der Waals surface area contributed by atoms with Gasteiger partial charge in [-0.05, 0) is 50.8 Å². The Morgan fingerprint density at radius 3 is 2.59 bits per heavy atom. The van der Waals surface area contributed by atoms with Crippen LogP contribution in [0.15, 0.2) is 24.3 Å². The molecule has 1 atom stereocenters. The number of nitriles is 1. The van der Waals surface area contributed by atoms with E-state index in [2.05, 4.69) is 10.4 Å². The molecule has 1 saturated carbocycles. The van der Waals surface area contributed by atoms with Crippen LogP contribution in [0.25, 0.3) is 0 Å². The minimum atomic E-state index is -3.86. The SMILES string of the molecule is Cn1nc(C(=O)NCc2ccc(C#N)cc2)c2c1C(=O)N(CC1(S(=O)(=O)C(C)(C)CO[C@H](F)CO)CC1)CC2. The third kappa shape index (κ3) is 5.41. The minimum absolute atomic E-state index is 0.0263. The van der Waals surface area contributed by atoms with E-state index in [0.29, 0.717) is 30.4 Å². The highest BCUT2D eigenvalue weighted by Crippen LogP contribution is 2.49. The van der Waals surface area contributed by atoms with Crippen LogP contribution in [0.3, 0.4) is 0 Å². The fraction of sp³-hybridized carbons (Fsp3) is 0.538. The number of carbonyl (C=O) groups is 2. The van der Waals surface area contributed by atoms with Crippen LogP contribution in [0.2, 0.25) is 0 Å². The highest BCUT2D eigenvalue weighted by molar-refractivity contribution is 7.94. The zero-order chi connectivity index (χ0) is 28.6. The van der Waals surface area contributed by atoms with Crippen molar-refractivity contribution in [2.45, 2.75) is 55.5 Å². The number of alkyl halides is 1. The molecule has 2 aliphatic rings. The van der Waals surface area contributed by atoms with E-state index in [1.807, 2.05) is 6.07 Å². The highest BCUT2D eigenvalue weighted by atomic mass is 32.2. The molecule has 13 heteroatoms. The van der Waals surface area contributed by atoms with E-state index >= 15 is 0 Å². The van der Waals surface area contributed by atoms with Gasteiger partial charge in [0.2, 0.25) is 6.36 Å². The van der Waals surface area contributed by atoms with Gasteiger partial charge in [-0.1, -0.05) is 12.1 Å². The van der Waals surface area contributed by atoms with Crippen LogP contribution in [0.4, 0.5) is 4.39 Å². The summed E-state index contributed by atoms with van der Waals surface area (Å²) in [7, 11) is -2.29. The minimum Gasteiger partial charge on any atom is -0.391 e. The van der Waals surface area contributed by atoms with Crippen molar-refractivity contribution in [3.05, 3.63) is 52.3 Å². The van der Waals surface area contributed by atoms with Gasteiger partial charge in [0.25, 0.3) is 11.8 Å². The Morgan fingerprint density at radius 1 is 1.33 bits per heavy atom. The Kier molecular flexibility index (Phi) is 7.84. The van der Waals surface area contributed by atoms with E-state index in [9.17, 15) is 22.4 Å². The molecule has 210 valence electrons. The molecule has 2 amide bonds. The van der Waals surface area contributed by atoms with Crippen LogP contribution in [-0.2, 0) is 34.6 Å². The number of hydrogen-bond donors (Lipinski definition) is 2. The number of benzene rings is 1. The molecule has 1 aromatic heterocycles. The molecule has 0 saturated heterocycles. The van der Waals surface area contributed by atoms with E-state index in [-0.39, 0.29) is 31.0 Å². The van der Waals surface area contributed by atoms with Crippen molar-refractivity contribution in [2.75, 3.05) is 26.3 Å². The largest absolute Gasteiger partial charge is 0.391 e. The fourth-order valence-electron chi connectivity index (χ4n) is 4.87. The summed E-state index contributed by atoms with van der Waals surface area (Å²) in [5.41, 5.74) is 2.21. The van der Waals surface area contributed by atoms with Gasteiger partial charge in [-0.15, -0.1) is 0 Å². The first-order valence-corrected chi connectivity index (χ1v) is 14.1. The number of nitrogens with zero attached hydrogens (tertiary/aromatic N) is 4. The second-order valence-electron chi connectivity index (χ2n) is 10.6. The number of hydrogen-bond acceptors (Lipinski definition) is 8. The molecule has 1 aliphatic carbocycles. The van der Waals surface area contributed by atoms with E-state index < -0.39 is 50.7 Å². The van der Waals surface area contributed by atoms with Gasteiger partial charge in [0.05, 0.1) is 34.3 Å². The van der Waals surface area contributed by atoms with E-state index in [1.165, 1.54) is 23.4 Å². The van der Waals surface area contributed by atoms with Crippen molar-refractivity contribution >= 4 is 21.7 Å². The van der Waals surface area contributed by atoms with Crippen molar-refractivity contribution in [3.8, 4) is 6.07 Å². The molecule has 11 nitrogen and oxygen atoms in total. The zero-order valence-electron chi connectivity index (χ0n) is 22.1. The highest BCUT2D eigenvalue weighted by Gasteiger charge is 2.61. The third-order valence-electron chi connectivity index (χ3n) is 7.36. The monoisotopic (exact) mass is 561 g/mol. The number of rotatable bonds is 11. The summed E-state index contributed by atoms with van der Waals surface area (Å²) >= 11 is 0. The molecular formula is C26H32FN5O6S. The first kappa shape index (κ1) is 28.7. The molecule has 0 unspecified atom stereocenters. The molecular weight excluding hydrogens is 529 g/mol. The number of aryl methyl sites for hydroxylation is 1. The molecule has 2 heterocycles. The molecule has 0 spiro atoms. The van der Waals surface area contributed by atoms with Crippen molar-refractivity contribution < 1.29 is 32.2 Å². The van der Waals surface area contributed by atoms with Crippen molar-refractivity contribution in [1.82, 2.24) is 20.0 Å². The normalized spacial score (nSPS) is 17.3. The number of aromatic nitrogens is 2. The summed E-state index contributed by atoms with van der Waals surface area (Å²) < 4.78 is 44.2. The van der Waals surface area contributed by atoms with Crippen LogP contribution >= 0.6 is 0 Å². The van der Waals surface area contributed by atoms with Gasteiger partial charge in [-0.3, -0.25) is 14.3 Å². The third-order valence-corrected chi connectivity index (χ3v) is 10.6. The quantitative estimate of drug-likeness (QED) is 0.415. The summed E-state index contributed by atoms with van der Waals surface area (Å²) in [5.74, 6) is -0.841. The molecule has 2 aromatic rings. The van der Waals surface area contributed by atoms with Gasteiger partial charge < -0.3 is 20.1 Å². The van der Waals surface area contributed by atoms with E-state index in [0.717, 1.165) is 5.56 Å². The molecule has 2 N–H and O–H groups in total. The number of aliphatic hydroxyl groups excluding tert-OH is 1. The number of fused-ring (bicyclic) bond motifs is 1. The lowest BCUT2D eigenvalue weighted by atomic mass is 10.0. The summed E-state index contributed by atoms with van der Waals surface area (Å²) in [6.07, 6.45) is -0.917. The van der Waals surface area contributed by atoms with Crippen LogP contribution in [0.1, 0.15) is 64.4 Å². The van der Waals surface area contributed by atoms with Crippen LogP contribution < -0.4 is 5.32 Å². The predicted octanol–water partition coefficient (Wildman–Crippen LogP) is 1.25. The maximum absolute atomic E-state index is 13.6. The molecule has 1 fully saturated rings. The van der Waals surface area contributed by atoms with Gasteiger partial charge >= 0.3 is 0 Å². The van der Waals surface area contributed by atoms with E-state index in [1.54, 1.807) is 31.3 Å². The van der Waals surface area contributed by atoms with Crippen LogP contribution in [-0.4, -0.2) is 82.2 Å². The number of sulfone groups is 1. The molecule has 4 rings (SSSR count). The lowest BCUT2D eigenvalue weighted by Crippen LogP contribution is -2.52. The van der Waals surface area contributed by atoms with Gasteiger partial charge in [0.1, 0.15) is 5.69 Å². The molecule has 0 bridgehead atoms. The van der Waals surface area contributed by atoms with E-state index in [4.69, 9.17) is 15.1 Å². The Morgan fingerprint density at radius 2 is 2.00 bits per heavy atom. The maximum Gasteiger partial charge on any atom is 0.272 e. The average molecular weight is 562 g/mol. The predicted molar refractivity (Wildman–Crippen MR) is 138 cm³/mol.